The number of amides is 1. The summed E-state index contributed by atoms with van der Waals surface area (Å²) in [6.45, 7) is 4.36. The van der Waals surface area contributed by atoms with Gasteiger partial charge < -0.3 is 14.2 Å². The SMILES string of the molecule is CCC1c2nc(Cc3ccccc3)c(o2)N(Cc2ccccc2)Cc2cn(nn2)CCCCN1C(=O)c1ccc(Cl)c(Cl)c1. The van der Waals surface area contributed by atoms with E-state index in [0.29, 0.717) is 66.4 Å². The van der Waals surface area contributed by atoms with Gasteiger partial charge >= 0.3 is 0 Å². The summed E-state index contributed by atoms with van der Waals surface area (Å²) in [5, 5.41) is 9.63. The van der Waals surface area contributed by atoms with Crippen LogP contribution in [0.4, 0.5) is 5.88 Å². The molecule has 5 aromatic rings. The van der Waals surface area contributed by atoms with Crippen LogP contribution < -0.4 is 4.90 Å². The fourth-order valence-corrected chi connectivity index (χ4v) is 5.95. The fraction of sp³-hybridized carbons (Fsp3) is 0.294. The number of nitrogens with zero attached hydrogens (tertiary/aromatic N) is 6. The lowest BCUT2D eigenvalue weighted by molar-refractivity contribution is 0.0635. The molecule has 1 aliphatic rings. The summed E-state index contributed by atoms with van der Waals surface area (Å²) in [5.74, 6) is 1.04. The number of halogens is 2. The molecule has 1 unspecified atom stereocenters. The van der Waals surface area contributed by atoms with Gasteiger partial charge in [-0.25, -0.2) is 4.98 Å². The van der Waals surface area contributed by atoms with E-state index in [1.54, 1.807) is 18.2 Å². The summed E-state index contributed by atoms with van der Waals surface area (Å²) < 4.78 is 8.62. The molecule has 44 heavy (non-hydrogen) atoms. The Morgan fingerprint density at radius 2 is 1.66 bits per heavy atom. The third-order valence-corrected chi connectivity index (χ3v) is 8.60. The maximum Gasteiger partial charge on any atom is 0.254 e. The number of rotatable bonds is 6. The van der Waals surface area contributed by atoms with E-state index in [-0.39, 0.29) is 11.9 Å². The minimum Gasteiger partial charge on any atom is -0.423 e. The molecule has 2 aromatic heterocycles. The number of anilines is 1. The van der Waals surface area contributed by atoms with Crippen LogP contribution in [-0.2, 0) is 26.1 Å². The molecular formula is C34H34Cl2N6O2. The van der Waals surface area contributed by atoms with Crippen LogP contribution in [0.15, 0.2) is 89.5 Å². The Balaban J connectivity index is 1.46. The Labute approximate surface area is 267 Å². The molecule has 0 saturated carbocycles. The largest absolute Gasteiger partial charge is 0.423 e. The van der Waals surface area contributed by atoms with Crippen molar-refractivity contribution in [1.29, 1.82) is 0 Å². The van der Waals surface area contributed by atoms with Crippen molar-refractivity contribution < 1.29 is 9.21 Å². The summed E-state index contributed by atoms with van der Waals surface area (Å²) in [6, 6.07) is 25.1. The topological polar surface area (TPSA) is 80.3 Å². The van der Waals surface area contributed by atoms with Crippen LogP contribution in [0.3, 0.4) is 0 Å². The first kappa shape index (κ1) is 29.9. The summed E-state index contributed by atoms with van der Waals surface area (Å²) in [5.41, 5.74) is 4.39. The molecule has 0 aliphatic carbocycles. The van der Waals surface area contributed by atoms with E-state index in [0.717, 1.165) is 35.4 Å². The van der Waals surface area contributed by atoms with E-state index in [2.05, 4.69) is 46.4 Å². The number of aromatic nitrogens is 4. The number of carbonyl (C=O) groups is 1. The fourth-order valence-electron chi connectivity index (χ4n) is 5.65. The van der Waals surface area contributed by atoms with Crippen molar-refractivity contribution in [2.45, 2.75) is 58.3 Å². The number of carbonyl (C=O) groups excluding carboxylic acids is 1. The standard InChI is InChI=1S/C34H34Cl2N6O2/c1-2-31-32-37-30(19-24-11-5-3-6-12-24)34(44-32)40(21-25-13-7-4-8-14-25)22-27-23-41(39-38-27)17-9-10-18-42(31)33(43)26-15-16-28(35)29(36)20-26/h3-8,11-16,20,23,31H,2,9-10,17-19,21-22H2,1H3. The lowest BCUT2D eigenvalue weighted by atomic mass is 10.1. The second-order valence-corrected chi connectivity index (χ2v) is 11.9. The summed E-state index contributed by atoms with van der Waals surface area (Å²) >= 11 is 12.5. The minimum atomic E-state index is -0.382. The van der Waals surface area contributed by atoms with E-state index < -0.39 is 0 Å². The van der Waals surface area contributed by atoms with Gasteiger partial charge in [0.2, 0.25) is 11.8 Å². The number of hydrogen-bond donors (Lipinski definition) is 0. The normalized spacial score (nSPS) is 15.7. The first-order chi connectivity index (χ1) is 21.5. The Hall–Kier alpha value is -4.14. The average molecular weight is 630 g/mol. The van der Waals surface area contributed by atoms with Crippen molar-refractivity contribution in [3.63, 3.8) is 0 Å². The lowest BCUT2D eigenvalue weighted by Crippen LogP contribution is -2.36. The highest BCUT2D eigenvalue weighted by molar-refractivity contribution is 6.42. The monoisotopic (exact) mass is 628 g/mol. The molecule has 1 aliphatic heterocycles. The van der Waals surface area contributed by atoms with Crippen LogP contribution in [0.2, 0.25) is 10.0 Å². The molecule has 4 bridgehead atoms. The molecule has 0 fully saturated rings. The molecule has 8 nitrogen and oxygen atoms in total. The van der Waals surface area contributed by atoms with Crippen molar-refractivity contribution in [3.05, 3.63) is 129 Å². The first-order valence-electron chi connectivity index (χ1n) is 15.0. The Morgan fingerprint density at radius 1 is 0.932 bits per heavy atom. The van der Waals surface area contributed by atoms with Crippen LogP contribution >= 0.6 is 23.2 Å². The Kier molecular flexibility index (Phi) is 9.28. The number of oxazole rings is 1. The molecule has 0 N–H and O–H groups in total. The third kappa shape index (κ3) is 6.82. The van der Waals surface area contributed by atoms with Gasteiger partial charge in [0, 0.05) is 31.6 Å². The predicted octanol–water partition coefficient (Wildman–Crippen LogP) is 7.76. The van der Waals surface area contributed by atoms with Crippen LogP contribution in [0.25, 0.3) is 0 Å². The molecular weight excluding hydrogens is 595 g/mol. The van der Waals surface area contributed by atoms with Gasteiger partial charge in [-0.05, 0) is 48.6 Å². The smallest absolute Gasteiger partial charge is 0.254 e. The van der Waals surface area contributed by atoms with E-state index in [9.17, 15) is 4.79 Å². The van der Waals surface area contributed by atoms with Crippen LogP contribution in [0.1, 0.15) is 71.0 Å². The zero-order valence-electron chi connectivity index (χ0n) is 24.6. The molecule has 3 heterocycles. The number of aryl methyl sites for hydroxylation is 1. The van der Waals surface area contributed by atoms with E-state index in [1.807, 2.05) is 52.2 Å². The van der Waals surface area contributed by atoms with Gasteiger partial charge in [0.05, 0.1) is 22.8 Å². The maximum atomic E-state index is 14.1. The Morgan fingerprint density at radius 3 is 2.39 bits per heavy atom. The molecule has 0 spiro atoms. The van der Waals surface area contributed by atoms with Crippen LogP contribution in [-0.4, -0.2) is 37.3 Å². The average Bonchev–Trinajstić information content (AvgIpc) is 3.66. The molecule has 10 heteroatoms. The van der Waals surface area contributed by atoms with Gasteiger partial charge in [0.25, 0.3) is 5.91 Å². The zero-order valence-corrected chi connectivity index (χ0v) is 26.1. The number of hydrogen-bond acceptors (Lipinski definition) is 6. The van der Waals surface area contributed by atoms with E-state index in [1.165, 1.54) is 0 Å². The second-order valence-electron chi connectivity index (χ2n) is 11.0. The highest BCUT2D eigenvalue weighted by Crippen LogP contribution is 2.35. The van der Waals surface area contributed by atoms with Crippen LogP contribution in [0.5, 0.6) is 0 Å². The number of fused-ring (bicyclic) bond motifs is 4. The van der Waals surface area contributed by atoms with Crippen molar-refractivity contribution in [3.8, 4) is 0 Å². The van der Waals surface area contributed by atoms with Crippen molar-refractivity contribution in [2.24, 2.45) is 0 Å². The van der Waals surface area contributed by atoms with Gasteiger partial charge in [0.15, 0.2) is 0 Å². The van der Waals surface area contributed by atoms with Crippen molar-refractivity contribution >= 4 is 35.0 Å². The van der Waals surface area contributed by atoms with Gasteiger partial charge in [0.1, 0.15) is 17.4 Å². The quantitative estimate of drug-likeness (QED) is 0.191. The molecule has 1 amide bonds. The van der Waals surface area contributed by atoms with E-state index in [4.69, 9.17) is 32.6 Å². The molecule has 0 saturated heterocycles. The highest BCUT2D eigenvalue weighted by Gasteiger charge is 2.32. The predicted molar refractivity (Wildman–Crippen MR) is 172 cm³/mol. The van der Waals surface area contributed by atoms with Crippen LogP contribution in [0, 0.1) is 0 Å². The second kappa shape index (κ2) is 13.7. The maximum absolute atomic E-state index is 14.1. The van der Waals surface area contributed by atoms with Gasteiger partial charge in [-0.15, -0.1) is 5.10 Å². The van der Waals surface area contributed by atoms with Gasteiger partial charge in [-0.2, -0.15) is 0 Å². The zero-order chi connectivity index (χ0) is 30.5. The van der Waals surface area contributed by atoms with E-state index >= 15 is 0 Å². The first-order valence-corrected chi connectivity index (χ1v) is 15.7. The van der Waals surface area contributed by atoms with Crippen molar-refractivity contribution in [1.82, 2.24) is 24.9 Å². The van der Waals surface area contributed by atoms with Gasteiger partial charge in [-0.3, -0.25) is 9.48 Å². The number of benzene rings is 3. The summed E-state index contributed by atoms with van der Waals surface area (Å²) in [7, 11) is 0. The van der Waals surface area contributed by atoms with Gasteiger partial charge in [-0.1, -0.05) is 96.0 Å². The summed E-state index contributed by atoms with van der Waals surface area (Å²) in [6.07, 6.45) is 4.79. The van der Waals surface area contributed by atoms with Crippen molar-refractivity contribution in [2.75, 3.05) is 11.4 Å². The highest BCUT2D eigenvalue weighted by atomic mass is 35.5. The molecule has 3 aromatic carbocycles. The minimum absolute atomic E-state index is 0.143. The molecule has 6 rings (SSSR count). The lowest BCUT2D eigenvalue weighted by Gasteiger charge is -2.30. The molecule has 0 radical (unpaired) electrons. The third-order valence-electron chi connectivity index (χ3n) is 7.86. The molecule has 1 atom stereocenters. The Bertz CT molecular complexity index is 1710. The molecule has 226 valence electrons. The summed E-state index contributed by atoms with van der Waals surface area (Å²) in [4.78, 5) is 23.2.